The van der Waals surface area contributed by atoms with E-state index in [0.717, 1.165) is 0 Å². The molecule has 18 heavy (non-hydrogen) atoms. The van der Waals surface area contributed by atoms with Gasteiger partial charge in [0.25, 0.3) is 5.91 Å². The largest absolute Gasteiger partial charge is 0.508 e. The molecular formula is C14H10N2O2. The fraction of sp³-hybridized carbons (Fsp3) is 0. The van der Waals surface area contributed by atoms with E-state index >= 15 is 0 Å². The van der Waals surface area contributed by atoms with Gasteiger partial charge in [0.15, 0.2) is 0 Å². The summed E-state index contributed by atoms with van der Waals surface area (Å²) in [6, 6.07) is 14.6. The molecule has 0 fully saturated rings. The Morgan fingerprint density at radius 2 is 1.89 bits per heavy atom. The predicted octanol–water partition coefficient (Wildman–Crippen LogP) is 2.52. The quantitative estimate of drug-likeness (QED) is 0.844. The van der Waals surface area contributed by atoms with Crippen LogP contribution in [0, 0.1) is 11.3 Å². The molecule has 0 atom stereocenters. The Balaban J connectivity index is 2.14. The number of amides is 1. The van der Waals surface area contributed by atoms with Crippen molar-refractivity contribution < 1.29 is 9.90 Å². The van der Waals surface area contributed by atoms with Crippen molar-refractivity contribution in [2.45, 2.75) is 0 Å². The van der Waals surface area contributed by atoms with Gasteiger partial charge in [0.1, 0.15) is 5.75 Å². The molecule has 88 valence electrons. The molecule has 0 aliphatic carbocycles. The van der Waals surface area contributed by atoms with Crippen molar-refractivity contribution in [3.8, 4) is 11.8 Å². The topological polar surface area (TPSA) is 73.1 Å². The molecule has 2 N–H and O–H groups in total. The Hall–Kier alpha value is -2.80. The molecule has 0 heterocycles. The Bertz CT molecular complexity index is 612. The van der Waals surface area contributed by atoms with Crippen LogP contribution in [0.4, 0.5) is 5.69 Å². The summed E-state index contributed by atoms with van der Waals surface area (Å²) in [7, 11) is 0. The normalized spacial score (nSPS) is 9.50. The Kier molecular flexibility index (Phi) is 3.26. The maximum absolute atomic E-state index is 11.8. The van der Waals surface area contributed by atoms with Crippen LogP contribution in [-0.2, 0) is 0 Å². The summed E-state index contributed by atoms with van der Waals surface area (Å²) in [4.78, 5) is 11.8. The van der Waals surface area contributed by atoms with Crippen LogP contribution < -0.4 is 5.32 Å². The standard InChI is InChI=1S/C14H10N2O2/c15-9-10-4-6-11(7-5-10)14(18)16-12-2-1-3-13(17)8-12/h1-8,17H,(H,16,18). The zero-order valence-electron chi connectivity index (χ0n) is 9.42. The molecule has 0 spiro atoms. The second-order valence-electron chi connectivity index (χ2n) is 3.69. The van der Waals surface area contributed by atoms with Crippen LogP contribution in [0.25, 0.3) is 0 Å². The number of nitrogens with zero attached hydrogens (tertiary/aromatic N) is 1. The van der Waals surface area contributed by atoms with Gasteiger partial charge in [-0.3, -0.25) is 4.79 Å². The number of benzene rings is 2. The average molecular weight is 238 g/mol. The summed E-state index contributed by atoms with van der Waals surface area (Å²) < 4.78 is 0. The maximum atomic E-state index is 11.8. The van der Waals surface area contributed by atoms with E-state index in [-0.39, 0.29) is 11.7 Å². The smallest absolute Gasteiger partial charge is 0.255 e. The number of carbonyl (C=O) groups excluding carboxylic acids is 1. The lowest BCUT2D eigenvalue weighted by Gasteiger charge is -2.05. The first-order valence-electron chi connectivity index (χ1n) is 5.29. The molecule has 0 unspecified atom stereocenters. The Morgan fingerprint density at radius 3 is 2.50 bits per heavy atom. The molecule has 0 saturated heterocycles. The van der Waals surface area contributed by atoms with Gasteiger partial charge in [-0.2, -0.15) is 5.26 Å². The van der Waals surface area contributed by atoms with Crippen LogP contribution in [0.15, 0.2) is 48.5 Å². The molecule has 1 amide bonds. The molecule has 4 heteroatoms. The van der Waals surface area contributed by atoms with Crippen molar-refractivity contribution in [3.63, 3.8) is 0 Å². The van der Waals surface area contributed by atoms with Gasteiger partial charge < -0.3 is 10.4 Å². The number of aromatic hydroxyl groups is 1. The van der Waals surface area contributed by atoms with Crippen LogP contribution in [0.5, 0.6) is 5.75 Å². The second kappa shape index (κ2) is 5.02. The third-order valence-corrected chi connectivity index (χ3v) is 2.38. The van der Waals surface area contributed by atoms with Crippen molar-refractivity contribution >= 4 is 11.6 Å². The van der Waals surface area contributed by atoms with Gasteiger partial charge in [0.05, 0.1) is 11.6 Å². The number of nitrogens with one attached hydrogen (secondary N) is 1. The van der Waals surface area contributed by atoms with E-state index in [2.05, 4.69) is 5.32 Å². The van der Waals surface area contributed by atoms with Gasteiger partial charge in [-0.15, -0.1) is 0 Å². The fourth-order valence-corrected chi connectivity index (χ4v) is 1.48. The van der Waals surface area contributed by atoms with Crippen LogP contribution in [0.3, 0.4) is 0 Å². The summed E-state index contributed by atoms with van der Waals surface area (Å²) in [5, 5.41) is 20.6. The lowest BCUT2D eigenvalue weighted by Crippen LogP contribution is -2.11. The van der Waals surface area contributed by atoms with E-state index in [1.165, 1.54) is 12.1 Å². The van der Waals surface area contributed by atoms with E-state index in [4.69, 9.17) is 5.26 Å². The highest BCUT2D eigenvalue weighted by atomic mass is 16.3. The minimum Gasteiger partial charge on any atom is -0.508 e. The molecule has 0 saturated carbocycles. The van der Waals surface area contributed by atoms with E-state index in [9.17, 15) is 9.90 Å². The highest BCUT2D eigenvalue weighted by Crippen LogP contribution is 2.16. The molecule has 0 aliphatic heterocycles. The van der Waals surface area contributed by atoms with Crippen molar-refractivity contribution in [3.05, 3.63) is 59.7 Å². The first kappa shape index (κ1) is 11.7. The van der Waals surface area contributed by atoms with Crippen LogP contribution in [0.1, 0.15) is 15.9 Å². The third-order valence-electron chi connectivity index (χ3n) is 2.38. The molecule has 2 rings (SSSR count). The zero-order chi connectivity index (χ0) is 13.0. The summed E-state index contributed by atoms with van der Waals surface area (Å²) in [6.07, 6.45) is 0. The third kappa shape index (κ3) is 2.66. The molecule has 0 radical (unpaired) electrons. The fourth-order valence-electron chi connectivity index (χ4n) is 1.48. The summed E-state index contributed by atoms with van der Waals surface area (Å²) in [5.74, 6) is -0.197. The lowest BCUT2D eigenvalue weighted by molar-refractivity contribution is 0.102. The highest BCUT2D eigenvalue weighted by Gasteiger charge is 2.06. The van der Waals surface area contributed by atoms with Crippen LogP contribution in [0.2, 0.25) is 0 Å². The number of hydrogen-bond donors (Lipinski definition) is 2. The van der Waals surface area contributed by atoms with E-state index in [1.807, 2.05) is 6.07 Å². The maximum Gasteiger partial charge on any atom is 0.255 e. The summed E-state index contributed by atoms with van der Waals surface area (Å²) in [5.41, 5.74) is 1.48. The number of anilines is 1. The molecular weight excluding hydrogens is 228 g/mol. The highest BCUT2D eigenvalue weighted by molar-refractivity contribution is 6.04. The molecule has 2 aromatic carbocycles. The zero-order valence-corrected chi connectivity index (χ0v) is 9.42. The van der Waals surface area contributed by atoms with E-state index in [0.29, 0.717) is 16.8 Å². The minimum absolute atomic E-state index is 0.0904. The first-order valence-corrected chi connectivity index (χ1v) is 5.29. The number of nitriles is 1. The monoisotopic (exact) mass is 238 g/mol. The number of hydrogen-bond acceptors (Lipinski definition) is 3. The predicted molar refractivity (Wildman–Crippen MR) is 67.2 cm³/mol. The van der Waals surface area contributed by atoms with Crippen LogP contribution in [-0.4, -0.2) is 11.0 Å². The number of phenols is 1. The molecule has 0 aromatic heterocycles. The molecule has 0 aliphatic rings. The lowest BCUT2D eigenvalue weighted by atomic mass is 10.1. The SMILES string of the molecule is N#Cc1ccc(C(=O)Nc2cccc(O)c2)cc1. The van der Waals surface area contributed by atoms with E-state index in [1.54, 1.807) is 36.4 Å². The Labute approximate surface area is 104 Å². The van der Waals surface area contributed by atoms with Crippen molar-refractivity contribution in [2.24, 2.45) is 0 Å². The van der Waals surface area contributed by atoms with Crippen molar-refractivity contribution in [1.82, 2.24) is 0 Å². The number of phenolic OH excluding ortho intramolecular Hbond substituents is 1. The second-order valence-corrected chi connectivity index (χ2v) is 3.69. The van der Waals surface area contributed by atoms with Gasteiger partial charge in [-0.05, 0) is 36.4 Å². The molecule has 2 aromatic rings. The number of rotatable bonds is 2. The Morgan fingerprint density at radius 1 is 1.17 bits per heavy atom. The summed E-state index contributed by atoms with van der Waals surface area (Å²) >= 11 is 0. The van der Waals surface area contributed by atoms with Gasteiger partial charge in [-0.25, -0.2) is 0 Å². The van der Waals surface area contributed by atoms with Gasteiger partial charge in [0.2, 0.25) is 0 Å². The van der Waals surface area contributed by atoms with Crippen LogP contribution >= 0.6 is 0 Å². The van der Waals surface area contributed by atoms with Gasteiger partial charge in [-0.1, -0.05) is 6.07 Å². The average Bonchev–Trinajstić information content (AvgIpc) is 2.39. The summed E-state index contributed by atoms with van der Waals surface area (Å²) in [6.45, 7) is 0. The van der Waals surface area contributed by atoms with Gasteiger partial charge in [0, 0.05) is 17.3 Å². The van der Waals surface area contributed by atoms with E-state index < -0.39 is 0 Å². The van der Waals surface area contributed by atoms with Crippen molar-refractivity contribution in [2.75, 3.05) is 5.32 Å². The molecule has 0 bridgehead atoms. The first-order chi connectivity index (χ1) is 8.69. The number of carbonyl (C=O) groups is 1. The van der Waals surface area contributed by atoms with Gasteiger partial charge >= 0.3 is 0 Å². The molecule has 4 nitrogen and oxygen atoms in total. The minimum atomic E-state index is -0.287. The van der Waals surface area contributed by atoms with Crippen molar-refractivity contribution in [1.29, 1.82) is 5.26 Å².